The second kappa shape index (κ2) is 12.2. The summed E-state index contributed by atoms with van der Waals surface area (Å²) in [7, 11) is 0. The largest absolute Gasteiger partial charge is 0.416 e. The fourth-order valence-electron chi connectivity index (χ4n) is 2.26. The molecule has 1 aromatic heterocycles. The highest BCUT2D eigenvalue weighted by Crippen LogP contribution is 2.28. The van der Waals surface area contributed by atoms with Gasteiger partial charge in [0.2, 0.25) is 0 Å². The zero-order valence-electron chi connectivity index (χ0n) is 15.8. The van der Waals surface area contributed by atoms with Crippen LogP contribution in [0.15, 0.2) is 53.7 Å². The van der Waals surface area contributed by atoms with Crippen molar-refractivity contribution in [1.82, 2.24) is 20.9 Å². The molecule has 0 aliphatic rings. The van der Waals surface area contributed by atoms with E-state index < -0.39 is 17.6 Å². The summed E-state index contributed by atoms with van der Waals surface area (Å²) in [5.74, 6) is 0.142. The number of hydrogen-bond acceptors (Lipinski definition) is 3. The highest BCUT2D eigenvalue weighted by molar-refractivity contribution is 14.0. The van der Waals surface area contributed by atoms with E-state index in [1.807, 2.05) is 25.1 Å². The summed E-state index contributed by atoms with van der Waals surface area (Å²) in [5.41, 5.74) is 0.212. The number of guanidine groups is 1. The van der Waals surface area contributed by atoms with Crippen molar-refractivity contribution in [2.24, 2.45) is 4.99 Å². The Hall–Kier alpha value is -2.37. The minimum Gasteiger partial charge on any atom is -0.357 e. The first-order chi connectivity index (χ1) is 13.4. The number of carbonyl (C=O) groups is 1. The third kappa shape index (κ3) is 8.67. The molecule has 0 bridgehead atoms. The molecule has 0 saturated carbocycles. The van der Waals surface area contributed by atoms with Gasteiger partial charge in [0.15, 0.2) is 5.96 Å². The topological polar surface area (TPSA) is 78.4 Å². The third-order valence-electron chi connectivity index (χ3n) is 3.65. The lowest BCUT2D eigenvalue weighted by Crippen LogP contribution is -2.41. The van der Waals surface area contributed by atoms with E-state index >= 15 is 0 Å². The van der Waals surface area contributed by atoms with Crippen LogP contribution in [0.2, 0.25) is 0 Å². The molecule has 1 amide bonds. The zero-order valence-corrected chi connectivity index (χ0v) is 18.1. The summed E-state index contributed by atoms with van der Waals surface area (Å²) in [6.45, 7) is 3.71. The van der Waals surface area contributed by atoms with E-state index in [1.165, 1.54) is 0 Å². The number of nitrogens with zero attached hydrogens (tertiary/aromatic N) is 2. The number of nitrogens with one attached hydrogen (secondary N) is 3. The molecule has 0 spiro atoms. The summed E-state index contributed by atoms with van der Waals surface area (Å²) >= 11 is 0. The summed E-state index contributed by atoms with van der Waals surface area (Å²) in [6.07, 6.45) is -2.72. The maximum Gasteiger partial charge on any atom is 0.416 e. The number of amides is 1. The van der Waals surface area contributed by atoms with Gasteiger partial charge < -0.3 is 16.0 Å². The zero-order chi connectivity index (χ0) is 20.4. The molecule has 2 rings (SSSR count). The third-order valence-corrected chi connectivity index (χ3v) is 3.65. The van der Waals surface area contributed by atoms with Gasteiger partial charge in [-0.25, -0.2) is 4.99 Å². The summed E-state index contributed by atoms with van der Waals surface area (Å²) in [4.78, 5) is 20.6. The normalized spacial score (nSPS) is 11.4. The van der Waals surface area contributed by atoms with Crippen LogP contribution in [0.25, 0.3) is 0 Å². The molecule has 2 aromatic rings. The molecule has 0 aliphatic carbocycles. The van der Waals surface area contributed by atoms with Gasteiger partial charge in [0.1, 0.15) is 0 Å². The number of benzene rings is 1. The van der Waals surface area contributed by atoms with Crippen molar-refractivity contribution < 1.29 is 18.0 Å². The molecule has 0 atom stereocenters. The number of alkyl halides is 3. The quantitative estimate of drug-likeness (QED) is 0.227. The SMILES string of the molecule is CCNC(=NCc1ccccn1)NCCNC(=O)c1ccc(C(F)(F)F)cc1.I. The number of aliphatic imine (C=N–C) groups is 1. The van der Waals surface area contributed by atoms with E-state index in [1.54, 1.807) is 6.20 Å². The van der Waals surface area contributed by atoms with Crippen LogP contribution in [-0.2, 0) is 12.7 Å². The van der Waals surface area contributed by atoms with Crippen LogP contribution in [0, 0.1) is 0 Å². The van der Waals surface area contributed by atoms with Crippen LogP contribution in [0.3, 0.4) is 0 Å². The molecule has 3 N–H and O–H groups in total. The van der Waals surface area contributed by atoms with E-state index in [2.05, 4.69) is 25.9 Å². The van der Waals surface area contributed by atoms with Crippen molar-refractivity contribution in [1.29, 1.82) is 0 Å². The van der Waals surface area contributed by atoms with Crippen molar-refractivity contribution in [3.05, 3.63) is 65.5 Å². The Morgan fingerprint density at radius 3 is 2.31 bits per heavy atom. The molecule has 1 heterocycles. The van der Waals surface area contributed by atoms with Crippen LogP contribution in [0.1, 0.15) is 28.5 Å². The molecular formula is C19H23F3IN5O. The van der Waals surface area contributed by atoms with E-state index in [9.17, 15) is 18.0 Å². The van der Waals surface area contributed by atoms with Crippen molar-refractivity contribution >= 4 is 35.8 Å². The molecule has 0 saturated heterocycles. The Morgan fingerprint density at radius 1 is 1.03 bits per heavy atom. The lowest BCUT2D eigenvalue weighted by Gasteiger charge is -2.12. The Labute approximate surface area is 184 Å². The fraction of sp³-hybridized carbons (Fsp3) is 0.316. The fourth-order valence-corrected chi connectivity index (χ4v) is 2.26. The van der Waals surface area contributed by atoms with Crippen LogP contribution in [-0.4, -0.2) is 36.5 Å². The molecular weight excluding hydrogens is 498 g/mol. The predicted octanol–water partition coefficient (Wildman–Crippen LogP) is 3.20. The van der Waals surface area contributed by atoms with E-state index in [-0.39, 0.29) is 36.1 Å². The first-order valence-corrected chi connectivity index (χ1v) is 8.77. The van der Waals surface area contributed by atoms with Gasteiger partial charge in [0.25, 0.3) is 5.91 Å². The van der Waals surface area contributed by atoms with Gasteiger partial charge in [0.05, 0.1) is 17.8 Å². The van der Waals surface area contributed by atoms with Crippen molar-refractivity contribution in [2.75, 3.05) is 19.6 Å². The number of pyridine rings is 1. The molecule has 0 fully saturated rings. The van der Waals surface area contributed by atoms with Crippen LogP contribution >= 0.6 is 24.0 Å². The average Bonchev–Trinajstić information content (AvgIpc) is 2.69. The number of hydrogen-bond donors (Lipinski definition) is 3. The number of carbonyl (C=O) groups excluding carboxylic acids is 1. The molecule has 0 aliphatic heterocycles. The molecule has 0 unspecified atom stereocenters. The summed E-state index contributed by atoms with van der Waals surface area (Å²) in [5, 5.41) is 8.81. The van der Waals surface area contributed by atoms with E-state index in [4.69, 9.17) is 0 Å². The summed E-state index contributed by atoms with van der Waals surface area (Å²) in [6, 6.07) is 9.68. The maximum atomic E-state index is 12.5. The number of rotatable bonds is 7. The molecule has 1 aromatic carbocycles. The van der Waals surface area contributed by atoms with Crippen molar-refractivity contribution in [3.63, 3.8) is 0 Å². The monoisotopic (exact) mass is 521 g/mol. The molecule has 10 heteroatoms. The number of halogens is 4. The highest BCUT2D eigenvalue weighted by Gasteiger charge is 2.30. The summed E-state index contributed by atoms with van der Waals surface area (Å²) < 4.78 is 37.6. The van der Waals surface area contributed by atoms with Gasteiger partial charge in [-0.05, 0) is 43.3 Å². The smallest absolute Gasteiger partial charge is 0.357 e. The van der Waals surface area contributed by atoms with Crippen LogP contribution in [0.4, 0.5) is 13.2 Å². The number of aromatic nitrogens is 1. The first-order valence-electron chi connectivity index (χ1n) is 8.77. The van der Waals surface area contributed by atoms with Crippen LogP contribution < -0.4 is 16.0 Å². The van der Waals surface area contributed by atoms with Crippen LogP contribution in [0.5, 0.6) is 0 Å². The predicted molar refractivity (Wildman–Crippen MR) is 116 cm³/mol. The van der Waals surface area contributed by atoms with Gasteiger partial charge in [-0.15, -0.1) is 24.0 Å². The minimum atomic E-state index is -4.42. The lowest BCUT2D eigenvalue weighted by atomic mass is 10.1. The Bertz CT molecular complexity index is 783. The lowest BCUT2D eigenvalue weighted by molar-refractivity contribution is -0.137. The van der Waals surface area contributed by atoms with Gasteiger partial charge in [-0.2, -0.15) is 13.2 Å². The van der Waals surface area contributed by atoms with Gasteiger partial charge in [0, 0.05) is 31.4 Å². The first kappa shape index (κ1) is 24.7. The molecule has 0 radical (unpaired) electrons. The highest BCUT2D eigenvalue weighted by atomic mass is 127. The molecule has 6 nitrogen and oxygen atoms in total. The standard InChI is InChI=1S/C19H22F3N5O.HI/c1-2-23-18(27-13-16-5-3-4-10-24-16)26-12-11-25-17(28)14-6-8-15(9-7-14)19(20,21)22;/h3-10H,2,11-13H2,1H3,(H,25,28)(H2,23,26,27);1H. The Balaban J connectivity index is 0.00000420. The Morgan fingerprint density at radius 2 is 1.72 bits per heavy atom. The maximum absolute atomic E-state index is 12.5. The van der Waals surface area contributed by atoms with E-state index in [0.29, 0.717) is 25.6 Å². The minimum absolute atomic E-state index is 0. The van der Waals surface area contributed by atoms with Gasteiger partial charge in [-0.1, -0.05) is 6.07 Å². The van der Waals surface area contributed by atoms with E-state index in [0.717, 1.165) is 30.0 Å². The molecule has 158 valence electrons. The second-order valence-electron chi connectivity index (χ2n) is 5.77. The van der Waals surface area contributed by atoms with Crippen molar-refractivity contribution in [3.8, 4) is 0 Å². The second-order valence-corrected chi connectivity index (χ2v) is 5.77. The Kier molecular flexibility index (Phi) is 10.4. The molecule has 29 heavy (non-hydrogen) atoms. The van der Waals surface area contributed by atoms with Crippen molar-refractivity contribution in [2.45, 2.75) is 19.6 Å². The van der Waals surface area contributed by atoms with Gasteiger partial charge >= 0.3 is 6.18 Å². The van der Waals surface area contributed by atoms with Gasteiger partial charge in [-0.3, -0.25) is 9.78 Å². The average molecular weight is 521 g/mol.